The zero-order chi connectivity index (χ0) is 14.6. The molecule has 1 heterocycles. The summed E-state index contributed by atoms with van der Waals surface area (Å²) in [4.78, 5) is 0. The summed E-state index contributed by atoms with van der Waals surface area (Å²) in [5.41, 5.74) is 6.18. The molecule has 1 aromatic carbocycles. The van der Waals surface area contributed by atoms with Crippen molar-refractivity contribution in [3.8, 4) is 0 Å². The van der Waals surface area contributed by atoms with E-state index in [1.54, 1.807) is 12.1 Å². The normalized spacial score (nSPS) is 13.7. The van der Waals surface area contributed by atoms with Crippen LogP contribution in [0.2, 0.25) is 0 Å². The van der Waals surface area contributed by atoms with Gasteiger partial charge in [-0.3, -0.25) is 0 Å². The third-order valence-electron chi connectivity index (χ3n) is 3.18. The van der Waals surface area contributed by atoms with Gasteiger partial charge in [-0.1, -0.05) is 38.0 Å². The molecule has 0 amide bonds. The maximum absolute atomic E-state index is 12.3. The van der Waals surface area contributed by atoms with E-state index in [2.05, 4.69) is 11.6 Å². The van der Waals surface area contributed by atoms with Crippen molar-refractivity contribution < 1.29 is 12.8 Å². The summed E-state index contributed by atoms with van der Waals surface area (Å²) < 4.78 is 32.5. The fourth-order valence-electron chi connectivity index (χ4n) is 2.04. The fourth-order valence-corrected chi connectivity index (χ4v) is 3.29. The first-order valence-electron chi connectivity index (χ1n) is 6.78. The van der Waals surface area contributed by atoms with Gasteiger partial charge < -0.3 is 10.2 Å². The Labute approximate surface area is 119 Å². The van der Waals surface area contributed by atoms with Crippen molar-refractivity contribution in [2.75, 3.05) is 6.54 Å². The highest BCUT2D eigenvalue weighted by atomic mass is 32.2. The second-order valence-electron chi connectivity index (χ2n) is 4.80. The van der Waals surface area contributed by atoms with Crippen molar-refractivity contribution in [2.45, 2.75) is 37.3 Å². The summed E-state index contributed by atoms with van der Waals surface area (Å²) in [6, 6.07) is 8.48. The number of unbranched alkanes of at least 4 members (excludes halogenated alkanes) is 1. The van der Waals surface area contributed by atoms with Crippen LogP contribution in [0.15, 0.2) is 39.8 Å². The van der Waals surface area contributed by atoms with E-state index in [1.807, 2.05) is 12.1 Å². The van der Waals surface area contributed by atoms with Crippen LogP contribution in [0.1, 0.15) is 26.2 Å². The predicted octanol–water partition coefficient (Wildman–Crippen LogP) is 2.23. The Morgan fingerprint density at radius 2 is 2.10 bits per heavy atom. The summed E-state index contributed by atoms with van der Waals surface area (Å²) in [7, 11) is -3.66. The smallest absolute Gasteiger partial charge is 0.274 e. The van der Waals surface area contributed by atoms with Gasteiger partial charge in [-0.15, -0.1) is 0 Å². The van der Waals surface area contributed by atoms with Crippen LogP contribution >= 0.6 is 0 Å². The molecule has 2 aromatic rings. The molecule has 0 aliphatic heterocycles. The van der Waals surface area contributed by atoms with Gasteiger partial charge in [0, 0.05) is 24.0 Å². The lowest BCUT2D eigenvalue weighted by Gasteiger charge is -2.15. The first-order valence-corrected chi connectivity index (χ1v) is 8.26. The summed E-state index contributed by atoms with van der Waals surface area (Å²) in [6.45, 7) is 2.33. The summed E-state index contributed by atoms with van der Waals surface area (Å²) in [6.07, 6.45) is 2.67. The first kappa shape index (κ1) is 15.0. The highest BCUT2D eigenvalue weighted by Crippen LogP contribution is 2.22. The first-order chi connectivity index (χ1) is 9.56. The molecule has 0 radical (unpaired) electrons. The molecule has 5 nitrogen and oxygen atoms in total. The molecular formula is C14H20N2O3S. The molecule has 0 aliphatic carbocycles. The van der Waals surface area contributed by atoms with Crippen LogP contribution in [-0.4, -0.2) is 21.0 Å². The van der Waals surface area contributed by atoms with Gasteiger partial charge in [-0.25, -0.2) is 13.1 Å². The number of nitrogens with two attached hydrogens (primary N) is 1. The molecule has 110 valence electrons. The Morgan fingerprint density at radius 1 is 1.35 bits per heavy atom. The quantitative estimate of drug-likeness (QED) is 0.820. The maximum Gasteiger partial charge on any atom is 0.274 e. The minimum Gasteiger partial charge on any atom is -0.443 e. The molecule has 0 spiro atoms. The summed E-state index contributed by atoms with van der Waals surface area (Å²) in [5, 5.41) is 0.708. The van der Waals surface area contributed by atoms with Gasteiger partial charge in [-0.2, -0.15) is 0 Å². The van der Waals surface area contributed by atoms with Crippen molar-refractivity contribution in [3.05, 3.63) is 30.3 Å². The lowest BCUT2D eigenvalue weighted by molar-refractivity contribution is 0.461. The van der Waals surface area contributed by atoms with Crippen LogP contribution in [0.4, 0.5) is 0 Å². The minimum absolute atomic E-state index is 0.0614. The van der Waals surface area contributed by atoms with Gasteiger partial charge in [0.2, 0.25) is 5.09 Å². The van der Waals surface area contributed by atoms with Crippen LogP contribution in [0, 0.1) is 0 Å². The van der Waals surface area contributed by atoms with Gasteiger partial charge in [0.15, 0.2) is 0 Å². The van der Waals surface area contributed by atoms with E-state index in [4.69, 9.17) is 10.2 Å². The Hall–Kier alpha value is -1.37. The van der Waals surface area contributed by atoms with Crippen LogP contribution in [0.5, 0.6) is 0 Å². The molecular weight excluding hydrogens is 276 g/mol. The lowest BCUT2D eigenvalue weighted by Crippen LogP contribution is -2.39. The van der Waals surface area contributed by atoms with E-state index in [0.717, 1.165) is 24.6 Å². The minimum atomic E-state index is -3.66. The van der Waals surface area contributed by atoms with E-state index in [9.17, 15) is 8.42 Å². The Balaban J connectivity index is 2.20. The van der Waals surface area contributed by atoms with Crippen molar-refractivity contribution >= 4 is 21.0 Å². The van der Waals surface area contributed by atoms with E-state index in [1.165, 1.54) is 6.07 Å². The number of fused-ring (bicyclic) bond motifs is 1. The average Bonchev–Trinajstić information content (AvgIpc) is 2.88. The second-order valence-corrected chi connectivity index (χ2v) is 6.44. The van der Waals surface area contributed by atoms with Crippen molar-refractivity contribution in [1.29, 1.82) is 0 Å². The van der Waals surface area contributed by atoms with Gasteiger partial charge >= 0.3 is 0 Å². The van der Waals surface area contributed by atoms with Crippen molar-refractivity contribution in [3.63, 3.8) is 0 Å². The standard InChI is InChI=1S/C14H20N2O3S/c1-2-3-7-12(10-15)16-20(17,18)14-9-11-6-4-5-8-13(11)19-14/h4-6,8-9,12,16H,2-3,7,10,15H2,1H3/t12-/m1/s1. The molecule has 20 heavy (non-hydrogen) atoms. The number of nitrogens with one attached hydrogen (secondary N) is 1. The molecule has 0 bridgehead atoms. The van der Waals surface area contributed by atoms with Crippen LogP contribution in [0.25, 0.3) is 11.0 Å². The highest BCUT2D eigenvalue weighted by Gasteiger charge is 2.22. The maximum atomic E-state index is 12.3. The third-order valence-corrected chi connectivity index (χ3v) is 4.55. The number of hydrogen-bond donors (Lipinski definition) is 2. The van der Waals surface area contributed by atoms with E-state index < -0.39 is 10.0 Å². The molecule has 1 atom stereocenters. The number of benzene rings is 1. The van der Waals surface area contributed by atoms with Gasteiger partial charge in [-0.05, 0) is 12.5 Å². The molecule has 0 saturated carbocycles. The van der Waals surface area contributed by atoms with Crippen molar-refractivity contribution in [2.24, 2.45) is 5.73 Å². The fraction of sp³-hybridized carbons (Fsp3) is 0.429. The Morgan fingerprint density at radius 3 is 2.75 bits per heavy atom. The van der Waals surface area contributed by atoms with E-state index in [0.29, 0.717) is 5.58 Å². The second kappa shape index (κ2) is 6.39. The molecule has 0 aliphatic rings. The summed E-state index contributed by atoms with van der Waals surface area (Å²) in [5.74, 6) is 0. The largest absolute Gasteiger partial charge is 0.443 e. The zero-order valence-corrected chi connectivity index (χ0v) is 12.3. The Bertz CT molecular complexity index is 631. The average molecular weight is 296 g/mol. The number of para-hydroxylation sites is 1. The molecule has 0 unspecified atom stereocenters. The van der Waals surface area contributed by atoms with Crippen LogP contribution < -0.4 is 10.5 Å². The number of furan rings is 1. The summed E-state index contributed by atoms with van der Waals surface area (Å²) >= 11 is 0. The number of rotatable bonds is 7. The van der Waals surface area contributed by atoms with Gasteiger partial charge in [0.05, 0.1) is 0 Å². The third kappa shape index (κ3) is 3.39. The molecule has 6 heteroatoms. The van der Waals surface area contributed by atoms with E-state index >= 15 is 0 Å². The van der Waals surface area contributed by atoms with Gasteiger partial charge in [0.1, 0.15) is 5.58 Å². The number of hydrogen-bond acceptors (Lipinski definition) is 4. The molecule has 2 rings (SSSR count). The van der Waals surface area contributed by atoms with Crippen molar-refractivity contribution in [1.82, 2.24) is 4.72 Å². The zero-order valence-electron chi connectivity index (χ0n) is 11.5. The predicted molar refractivity (Wildman–Crippen MR) is 78.9 cm³/mol. The molecule has 0 saturated heterocycles. The molecule has 0 fully saturated rings. The van der Waals surface area contributed by atoms with Crippen LogP contribution in [0.3, 0.4) is 0 Å². The van der Waals surface area contributed by atoms with E-state index in [-0.39, 0.29) is 17.7 Å². The number of sulfonamides is 1. The Kier molecular flexibility index (Phi) is 4.80. The molecule has 3 N–H and O–H groups in total. The van der Waals surface area contributed by atoms with Crippen LogP contribution in [-0.2, 0) is 10.0 Å². The topological polar surface area (TPSA) is 85.3 Å². The monoisotopic (exact) mass is 296 g/mol. The lowest BCUT2D eigenvalue weighted by atomic mass is 10.1. The highest BCUT2D eigenvalue weighted by molar-refractivity contribution is 7.89. The van der Waals surface area contributed by atoms with Gasteiger partial charge in [0.25, 0.3) is 10.0 Å². The SMILES string of the molecule is CCCC[C@H](CN)NS(=O)(=O)c1cc2ccccc2o1. The molecule has 1 aromatic heterocycles.